The number of benzene rings is 1. The minimum Gasteiger partial charge on any atom is -0.381 e. The number of hydrogen-bond donors (Lipinski definition) is 1. The van der Waals surface area contributed by atoms with Crippen molar-refractivity contribution in [1.82, 2.24) is 4.98 Å². The van der Waals surface area contributed by atoms with Crippen LogP contribution in [0.2, 0.25) is 0 Å². The smallest absolute Gasteiger partial charge is 0.0726 e. The SMILES string of the molecule is CC1CCCCC1Nc1c2c(nc3ccccc13)CSC2. The molecule has 1 aromatic carbocycles. The van der Waals surface area contributed by atoms with E-state index in [0.717, 1.165) is 22.9 Å². The molecule has 0 spiro atoms. The number of nitrogens with zero attached hydrogens (tertiary/aromatic N) is 1. The quantitative estimate of drug-likeness (QED) is 0.847. The van der Waals surface area contributed by atoms with E-state index in [1.807, 2.05) is 11.8 Å². The standard InChI is InChI=1S/C18H22N2S/c1-12-6-2-4-8-15(12)20-18-13-7-3-5-9-16(13)19-17-11-21-10-14(17)18/h3,5,7,9,12,15H,2,4,6,8,10-11H2,1H3,(H,19,20). The number of para-hydroxylation sites is 1. The van der Waals surface area contributed by atoms with Crippen LogP contribution in [0.15, 0.2) is 24.3 Å². The Bertz CT molecular complexity index is 668. The summed E-state index contributed by atoms with van der Waals surface area (Å²) in [5, 5.41) is 5.22. The van der Waals surface area contributed by atoms with Gasteiger partial charge >= 0.3 is 0 Å². The third kappa shape index (κ3) is 2.42. The molecule has 2 unspecified atom stereocenters. The van der Waals surface area contributed by atoms with Gasteiger partial charge in [0.2, 0.25) is 0 Å². The van der Waals surface area contributed by atoms with Crippen LogP contribution in [0.4, 0.5) is 5.69 Å². The van der Waals surface area contributed by atoms with Gasteiger partial charge in [0, 0.05) is 34.2 Å². The third-order valence-corrected chi connectivity index (χ3v) is 5.98. The van der Waals surface area contributed by atoms with E-state index in [1.165, 1.54) is 48.0 Å². The van der Waals surface area contributed by atoms with Gasteiger partial charge < -0.3 is 5.32 Å². The summed E-state index contributed by atoms with van der Waals surface area (Å²) in [6.45, 7) is 2.40. The molecule has 0 bridgehead atoms. The van der Waals surface area contributed by atoms with E-state index in [4.69, 9.17) is 4.98 Å². The fourth-order valence-electron chi connectivity index (χ4n) is 3.71. The highest BCUT2D eigenvalue weighted by atomic mass is 32.2. The summed E-state index contributed by atoms with van der Waals surface area (Å²) in [7, 11) is 0. The predicted molar refractivity (Wildman–Crippen MR) is 91.8 cm³/mol. The van der Waals surface area contributed by atoms with Crippen LogP contribution >= 0.6 is 11.8 Å². The molecule has 0 radical (unpaired) electrons. The van der Waals surface area contributed by atoms with Crippen LogP contribution in [-0.4, -0.2) is 11.0 Å². The maximum absolute atomic E-state index is 4.87. The lowest BCUT2D eigenvalue weighted by molar-refractivity contribution is 0.349. The van der Waals surface area contributed by atoms with E-state index in [-0.39, 0.29) is 0 Å². The lowest BCUT2D eigenvalue weighted by Crippen LogP contribution is -2.30. The van der Waals surface area contributed by atoms with Crippen molar-refractivity contribution in [2.24, 2.45) is 5.92 Å². The monoisotopic (exact) mass is 298 g/mol. The fraction of sp³-hybridized carbons (Fsp3) is 0.500. The van der Waals surface area contributed by atoms with E-state index < -0.39 is 0 Å². The molecule has 1 aliphatic heterocycles. The molecule has 0 saturated heterocycles. The molecule has 2 atom stereocenters. The largest absolute Gasteiger partial charge is 0.381 e. The second kappa shape index (κ2) is 5.53. The Balaban J connectivity index is 1.79. The normalized spacial score (nSPS) is 25.0. The average molecular weight is 298 g/mol. The average Bonchev–Trinajstić information content (AvgIpc) is 2.97. The Kier molecular flexibility index (Phi) is 3.54. The molecule has 4 rings (SSSR count). The van der Waals surface area contributed by atoms with Crippen LogP contribution in [0.1, 0.15) is 43.9 Å². The Morgan fingerprint density at radius 1 is 1.14 bits per heavy atom. The van der Waals surface area contributed by atoms with Gasteiger partial charge in [-0.3, -0.25) is 4.98 Å². The first kappa shape index (κ1) is 13.4. The van der Waals surface area contributed by atoms with E-state index in [9.17, 15) is 0 Å². The molecule has 0 amide bonds. The van der Waals surface area contributed by atoms with Crippen LogP contribution < -0.4 is 5.32 Å². The highest BCUT2D eigenvalue weighted by Crippen LogP contribution is 2.39. The van der Waals surface area contributed by atoms with Crippen LogP contribution in [0.5, 0.6) is 0 Å². The summed E-state index contributed by atoms with van der Waals surface area (Å²) in [4.78, 5) is 4.87. The molecule has 1 aromatic heterocycles. The molecule has 1 N–H and O–H groups in total. The topological polar surface area (TPSA) is 24.9 Å². The number of anilines is 1. The van der Waals surface area contributed by atoms with Crippen molar-refractivity contribution >= 4 is 28.4 Å². The lowest BCUT2D eigenvalue weighted by Gasteiger charge is -2.31. The van der Waals surface area contributed by atoms with Gasteiger partial charge in [0.15, 0.2) is 0 Å². The molecule has 1 fully saturated rings. The lowest BCUT2D eigenvalue weighted by atomic mass is 9.85. The second-order valence-corrected chi connectivity index (χ2v) is 7.42. The van der Waals surface area contributed by atoms with Crippen LogP contribution in [0.25, 0.3) is 10.9 Å². The second-order valence-electron chi connectivity index (χ2n) is 6.43. The molecule has 110 valence electrons. The number of rotatable bonds is 2. The third-order valence-electron chi connectivity index (χ3n) is 5.01. The number of pyridine rings is 1. The van der Waals surface area contributed by atoms with Gasteiger partial charge in [-0.1, -0.05) is 38.0 Å². The number of nitrogens with one attached hydrogen (secondary N) is 1. The van der Waals surface area contributed by atoms with E-state index in [2.05, 4.69) is 36.5 Å². The van der Waals surface area contributed by atoms with Crippen LogP contribution in [0.3, 0.4) is 0 Å². The fourth-order valence-corrected chi connectivity index (χ4v) is 4.76. The zero-order valence-electron chi connectivity index (χ0n) is 12.6. The highest BCUT2D eigenvalue weighted by Gasteiger charge is 2.25. The number of fused-ring (bicyclic) bond motifs is 2. The van der Waals surface area contributed by atoms with Gasteiger partial charge in [0.05, 0.1) is 11.2 Å². The van der Waals surface area contributed by atoms with Crippen molar-refractivity contribution in [2.45, 2.75) is 50.2 Å². The Hall–Kier alpha value is -1.22. The Morgan fingerprint density at radius 2 is 2.00 bits per heavy atom. The summed E-state index contributed by atoms with van der Waals surface area (Å²) >= 11 is 1.99. The zero-order chi connectivity index (χ0) is 14.2. The molecule has 2 heterocycles. The molecule has 1 saturated carbocycles. The zero-order valence-corrected chi connectivity index (χ0v) is 13.4. The first-order chi connectivity index (χ1) is 10.3. The highest BCUT2D eigenvalue weighted by molar-refractivity contribution is 7.98. The molecular weight excluding hydrogens is 276 g/mol. The van der Waals surface area contributed by atoms with Gasteiger partial charge in [-0.15, -0.1) is 0 Å². The Morgan fingerprint density at radius 3 is 2.90 bits per heavy atom. The van der Waals surface area contributed by atoms with Crippen molar-refractivity contribution in [3.63, 3.8) is 0 Å². The van der Waals surface area contributed by atoms with Crippen molar-refractivity contribution < 1.29 is 0 Å². The van der Waals surface area contributed by atoms with Gasteiger partial charge in [-0.05, 0) is 24.8 Å². The summed E-state index contributed by atoms with van der Waals surface area (Å²) < 4.78 is 0. The van der Waals surface area contributed by atoms with Gasteiger partial charge in [0.1, 0.15) is 0 Å². The van der Waals surface area contributed by atoms with Crippen molar-refractivity contribution in [2.75, 3.05) is 5.32 Å². The van der Waals surface area contributed by atoms with Crippen molar-refractivity contribution in [1.29, 1.82) is 0 Å². The van der Waals surface area contributed by atoms with Gasteiger partial charge in [-0.2, -0.15) is 11.8 Å². The van der Waals surface area contributed by atoms with Crippen molar-refractivity contribution in [3.8, 4) is 0 Å². The molecular formula is C18H22N2S. The summed E-state index contributed by atoms with van der Waals surface area (Å²) in [6, 6.07) is 9.22. The van der Waals surface area contributed by atoms with E-state index in [1.54, 1.807) is 0 Å². The van der Waals surface area contributed by atoms with Gasteiger partial charge in [0.25, 0.3) is 0 Å². The number of thioether (sulfide) groups is 1. The molecule has 1 aliphatic carbocycles. The number of aromatic nitrogens is 1. The first-order valence-electron chi connectivity index (χ1n) is 8.07. The molecule has 3 heteroatoms. The van der Waals surface area contributed by atoms with Crippen molar-refractivity contribution in [3.05, 3.63) is 35.5 Å². The minimum absolute atomic E-state index is 0.624. The van der Waals surface area contributed by atoms with E-state index >= 15 is 0 Å². The minimum atomic E-state index is 0.624. The summed E-state index contributed by atoms with van der Waals surface area (Å²) in [6.07, 6.45) is 5.42. The van der Waals surface area contributed by atoms with Crippen LogP contribution in [-0.2, 0) is 11.5 Å². The predicted octanol–water partition coefficient (Wildman–Crippen LogP) is 4.97. The summed E-state index contributed by atoms with van der Waals surface area (Å²) in [5.74, 6) is 2.95. The van der Waals surface area contributed by atoms with Gasteiger partial charge in [-0.25, -0.2) is 0 Å². The molecule has 21 heavy (non-hydrogen) atoms. The summed E-state index contributed by atoms with van der Waals surface area (Å²) in [5.41, 5.74) is 5.27. The molecule has 2 nitrogen and oxygen atoms in total. The Labute approximate surface area is 130 Å². The van der Waals surface area contributed by atoms with Crippen LogP contribution in [0, 0.1) is 5.92 Å². The first-order valence-corrected chi connectivity index (χ1v) is 9.23. The maximum Gasteiger partial charge on any atom is 0.0726 e. The van der Waals surface area contributed by atoms with E-state index in [0.29, 0.717) is 6.04 Å². The molecule has 2 aromatic rings. The maximum atomic E-state index is 4.87. The molecule has 2 aliphatic rings. The number of hydrogen-bond acceptors (Lipinski definition) is 3.